The summed E-state index contributed by atoms with van der Waals surface area (Å²) in [6.07, 6.45) is 2.32. The van der Waals surface area contributed by atoms with E-state index >= 15 is 0 Å². The summed E-state index contributed by atoms with van der Waals surface area (Å²) < 4.78 is 31.0. The summed E-state index contributed by atoms with van der Waals surface area (Å²) in [5.74, 6) is 2.78. The van der Waals surface area contributed by atoms with Crippen LogP contribution in [0.3, 0.4) is 0 Å². The minimum Gasteiger partial charge on any atom is -0.441 e. The number of aryl methyl sites for hydroxylation is 1. The van der Waals surface area contributed by atoms with Crippen LogP contribution < -0.4 is 0 Å². The Morgan fingerprint density at radius 3 is 2.92 bits per heavy atom. The number of benzene rings is 1. The van der Waals surface area contributed by atoms with E-state index in [-0.39, 0.29) is 17.4 Å². The van der Waals surface area contributed by atoms with Crippen LogP contribution in [0.1, 0.15) is 30.5 Å². The van der Waals surface area contributed by atoms with Crippen LogP contribution in [0.15, 0.2) is 33.8 Å². The number of thioether (sulfide) groups is 1. The molecule has 0 N–H and O–H groups in total. The first kappa shape index (κ1) is 17.5. The zero-order chi connectivity index (χ0) is 18.1. The van der Waals surface area contributed by atoms with Gasteiger partial charge in [0.25, 0.3) is 0 Å². The van der Waals surface area contributed by atoms with E-state index in [0.717, 1.165) is 46.6 Å². The molecule has 26 heavy (non-hydrogen) atoms. The first-order chi connectivity index (χ1) is 12.5. The first-order valence-corrected chi connectivity index (χ1v) is 11.4. The second kappa shape index (κ2) is 7.03. The Morgan fingerprint density at radius 1 is 1.31 bits per heavy atom. The van der Waals surface area contributed by atoms with E-state index in [0.29, 0.717) is 6.42 Å². The van der Waals surface area contributed by atoms with Gasteiger partial charge in [-0.05, 0) is 25.0 Å². The summed E-state index contributed by atoms with van der Waals surface area (Å²) in [5.41, 5.74) is 1.71. The zero-order valence-corrected chi connectivity index (χ0v) is 16.1. The molecular formula is C17H20N4O3S2. The van der Waals surface area contributed by atoms with Crippen molar-refractivity contribution in [3.8, 4) is 0 Å². The summed E-state index contributed by atoms with van der Waals surface area (Å²) in [7, 11) is -1.01. The van der Waals surface area contributed by atoms with Crippen LogP contribution in [0.25, 0.3) is 11.1 Å². The lowest BCUT2D eigenvalue weighted by Crippen LogP contribution is -2.09. The maximum atomic E-state index is 11.7. The van der Waals surface area contributed by atoms with Crippen molar-refractivity contribution in [2.75, 3.05) is 17.3 Å². The Bertz CT molecular complexity index is 993. The largest absolute Gasteiger partial charge is 0.441 e. The predicted octanol–water partition coefficient (Wildman–Crippen LogP) is 2.58. The highest BCUT2D eigenvalue weighted by atomic mass is 32.2. The number of nitrogens with zero attached hydrogens (tertiary/aromatic N) is 4. The molecule has 1 aliphatic rings. The first-order valence-electron chi connectivity index (χ1n) is 8.59. The molecule has 4 rings (SSSR count). The molecule has 2 aromatic heterocycles. The summed E-state index contributed by atoms with van der Waals surface area (Å²) >= 11 is 1.62. The van der Waals surface area contributed by atoms with Gasteiger partial charge in [-0.15, -0.1) is 10.2 Å². The van der Waals surface area contributed by atoms with E-state index in [1.54, 1.807) is 11.8 Å². The van der Waals surface area contributed by atoms with Crippen molar-refractivity contribution in [2.24, 2.45) is 7.05 Å². The topological polar surface area (TPSA) is 90.9 Å². The van der Waals surface area contributed by atoms with Crippen LogP contribution >= 0.6 is 11.8 Å². The smallest absolute Gasteiger partial charge is 0.195 e. The summed E-state index contributed by atoms with van der Waals surface area (Å²) in [5, 5.41) is 9.28. The van der Waals surface area contributed by atoms with Gasteiger partial charge in [0.1, 0.15) is 11.3 Å². The maximum Gasteiger partial charge on any atom is 0.195 e. The third kappa shape index (κ3) is 3.64. The molecule has 1 atom stereocenters. The molecule has 9 heteroatoms. The summed E-state index contributed by atoms with van der Waals surface area (Å²) in [6.45, 7) is 0. The molecule has 0 saturated carbocycles. The molecule has 138 valence electrons. The molecule has 0 radical (unpaired) electrons. The molecule has 0 aliphatic carbocycles. The summed E-state index contributed by atoms with van der Waals surface area (Å²) in [6, 6.07) is 7.76. The highest BCUT2D eigenvalue weighted by Crippen LogP contribution is 2.29. The Kier molecular flexibility index (Phi) is 4.74. The molecule has 7 nitrogen and oxygen atoms in total. The van der Waals surface area contributed by atoms with Crippen LogP contribution in [0.2, 0.25) is 0 Å². The number of rotatable bonds is 6. The van der Waals surface area contributed by atoms with Gasteiger partial charge in [0.15, 0.2) is 26.5 Å². The van der Waals surface area contributed by atoms with Crippen molar-refractivity contribution in [1.29, 1.82) is 0 Å². The molecule has 0 amide bonds. The minimum absolute atomic E-state index is 0.0356. The van der Waals surface area contributed by atoms with Crippen molar-refractivity contribution in [2.45, 2.75) is 30.3 Å². The predicted molar refractivity (Wildman–Crippen MR) is 100 cm³/mol. The number of hydrogen-bond acceptors (Lipinski definition) is 7. The molecule has 3 aromatic rings. The Hall–Kier alpha value is -1.87. The molecule has 3 heterocycles. The van der Waals surface area contributed by atoms with Gasteiger partial charge in [-0.25, -0.2) is 13.4 Å². The van der Waals surface area contributed by atoms with E-state index in [9.17, 15) is 8.42 Å². The number of aromatic nitrogens is 4. The quantitative estimate of drug-likeness (QED) is 0.470. The highest BCUT2D eigenvalue weighted by Gasteiger charge is 2.32. The van der Waals surface area contributed by atoms with Crippen molar-refractivity contribution in [3.05, 3.63) is 36.0 Å². The average molecular weight is 393 g/mol. The van der Waals surface area contributed by atoms with Gasteiger partial charge in [-0.1, -0.05) is 23.9 Å². The van der Waals surface area contributed by atoms with Gasteiger partial charge in [0.05, 0.1) is 11.5 Å². The minimum atomic E-state index is -2.92. The third-order valence-electron chi connectivity index (χ3n) is 4.57. The van der Waals surface area contributed by atoms with Crippen molar-refractivity contribution in [1.82, 2.24) is 19.7 Å². The van der Waals surface area contributed by atoms with Crippen molar-refractivity contribution >= 4 is 32.7 Å². The van der Waals surface area contributed by atoms with Gasteiger partial charge >= 0.3 is 0 Å². The van der Waals surface area contributed by atoms with Crippen LogP contribution in [-0.2, 0) is 23.3 Å². The number of fused-ring (bicyclic) bond motifs is 1. The Balaban J connectivity index is 1.32. The standard InChI is InChI=1S/C17H20N4O3S2/c1-21-16(12-8-10-26(22,23)11-12)19-20-17(21)25-9-4-7-15-18-13-5-2-3-6-14(13)24-15/h2-3,5-6,12H,4,7-11H2,1H3. The van der Waals surface area contributed by atoms with Gasteiger partial charge in [0.2, 0.25) is 0 Å². The maximum absolute atomic E-state index is 11.7. The molecular weight excluding hydrogens is 372 g/mol. The Labute approximate surface area is 156 Å². The molecule has 1 aromatic carbocycles. The molecule has 1 fully saturated rings. The average Bonchev–Trinajstić information content (AvgIpc) is 3.28. The molecule has 1 aliphatic heterocycles. The second-order valence-corrected chi connectivity index (χ2v) is 9.82. The molecule has 0 spiro atoms. The molecule has 0 bridgehead atoms. The SMILES string of the molecule is Cn1c(SCCCc2nc3ccccc3o2)nnc1C1CCS(=O)(=O)C1. The van der Waals surface area contributed by atoms with Crippen molar-refractivity contribution < 1.29 is 12.8 Å². The third-order valence-corrected chi connectivity index (χ3v) is 7.44. The van der Waals surface area contributed by atoms with Crippen LogP contribution in [0.4, 0.5) is 0 Å². The Morgan fingerprint density at radius 2 is 2.15 bits per heavy atom. The highest BCUT2D eigenvalue weighted by molar-refractivity contribution is 7.99. The number of hydrogen-bond donors (Lipinski definition) is 0. The van der Waals surface area contributed by atoms with Crippen LogP contribution in [0.5, 0.6) is 0 Å². The van der Waals surface area contributed by atoms with E-state index in [1.807, 2.05) is 35.9 Å². The zero-order valence-electron chi connectivity index (χ0n) is 14.5. The number of oxazole rings is 1. The summed E-state index contributed by atoms with van der Waals surface area (Å²) in [4.78, 5) is 4.48. The molecule has 1 unspecified atom stereocenters. The monoisotopic (exact) mass is 392 g/mol. The van der Waals surface area contributed by atoms with Crippen molar-refractivity contribution in [3.63, 3.8) is 0 Å². The second-order valence-electron chi connectivity index (χ2n) is 6.53. The fourth-order valence-corrected chi connectivity index (χ4v) is 5.82. The lowest BCUT2D eigenvalue weighted by Gasteiger charge is -2.07. The lowest BCUT2D eigenvalue weighted by atomic mass is 10.1. The normalized spacial score (nSPS) is 19.3. The van der Waals surface area contributed by atoms with Gasteiger partial charge < -0.3 is 8.98 Å². The number of para-hydroxylation sites is 2. The van der Waals surface area contributed by atoms with Crippen LogP contribution in [-0.4, -0.2) is 45.4 Å². The number of sulfone groups is 1. The van der Waals surface area contributed by atoms with Gasteiger partial charge in [-0.2, -0.15) is 0 Å². The molecule has 1 saturated heterocycles. The van der Waals surface area contributed by atoms with E-state index < -0.39 is 9.84 Å². The van der Waals surface area contributed by atoms with E-state index in [2.05, 4.69) is 15.2 Å². The van der Waals surface area contributed by atoms with Gasteiger partial charge in [-0.3, -0.25) is 0 Å². The van der Waals surface area contributed by atoms with Crippen LogP contribution in [0, 0.1) is 0 Å². The fourth-order valence-electron chi connectivity index (χ4n) is 3.22. The fraction of sp³-hybridized carbons (Fsp3) is 0.471. The van der Waals surface area contributed by atoms with Gasteiger partial charge in [0, 0.05) is 25.1 Å². The van der Waals surface area contributed by atoms with E-state index in [4.69, 9.17) is 4.42 Å². The van der Waals surface area contributed by atoms with E-state index in [1.165, 1.54) is 0 Å². The lowest BCUT2D eigenvalue weighted by molar-refractivity contribution is 0.526.